The van der Waals surface area contributed by atoms with E-state index in [1.807, 2.05) is 34.1 Å². The number of rotatable bonds is 7. The van der Waals surface area contributed by atoms with Crippen molar-refractivity contribution in [3.05, 3.63) is 124 Å². The fraction of sp³-hybridized carbons (Fsp3) is 0.451. The van der Waals surface area contributed by atoms with Crippen LogP contribution in [-0.2, 0) is 35.1 Å². The number of aliphatic hydroxyl groups is 2. The van der Waals surface area contributed by atoms with E-state index in [1.54, 1.807) is 48.5 Å². The number of hydrogen-bond acceptors (Lipinski definition) is 10. The van der Waals surface area contributed by atoms with Crippen molar-refractivity contribution >= 4 is 29.4 Å². The molecule has 0 aromatic heterocycles. The number of nitrogens with zero attached hydrogens (tertiary/aromatic N) is 4. The van der Waals surface area contributed by atoms with Gasteiger partial charge >= 0.3 is 6.03 Å². The zero-order valence-electron chi connectivity index (χ0n) is 37.0. The van der Waals surface area contributed by atoms with Crippen LogP contribution in [0.25, 0.3) is 0 Å². The van der Waals surface area contributed by atoms with Gasteiger partial charge in [0.2, 0.25) is 5.91 Å². The second kappa shape index (κ2) is 15.8. The van der Waals surface area contributed by atoms with Crippen LogP contribution in [0.3, 0.4) is 0 Å². The molecular weight excluding hydrogens is 839 g/mol. The van der Waals surface area contributed by atoms with Gasteiger partial charge in [-0.05, 0) is 117 Å². The van der Waals surface area contributed by atoms with Crippen molar-refractivity contribution in [3.63, 3.8) is 0 Å². The third-order valence-corrected chi connectivity index (χ3v) is 16.2. The average Bonchev–Trinajstić information content (AvgIpc) is 3.87. The van der Waals surface area contributed by atoms with Gasteiger partial charge in [-0.25, -0.2) is 4.79 Å². The smallest absolute Gasteiger partial charge is 0.324 e. The maximum Gasteiger partial charge on any atom is 0.324 e. The number of amides is 5. The van der Waals surface area contributed by atoms with Crippen molar-refractivity contribution < 1.29 is 38.9 Å². The lowest BCUT2D eigenvalue weighted by Gasteiger charge is -2.70. The summed E-state index contributed by atoms with van der Waals surface area (Å²) in [4.78, 5) is 61.9. The third kappa shape index (κ3) is 6.68. The molecule has 2 unspecified atom stereocenters. The number of carbonyl (C=O) groups excluding carboxylic acids is 4. The van der Waals surface area contributed by atoms with Crippen LogP contribution in [-0.4, -0.2) is 116 Å². The van der Waals surface area contributed by atoms with E-state index in [2.05, 4.69) is 17.4 Å². The summed E-state index contributed by atoms with van der Waals surface area (Å²) in [7, 11) is 0. The molecule has 7 aliphatic rings. The SMILES string of the molecule is NCc1ccc2c(c1)C1(CCN(C(=O)c3ccc(CC(=O)N4C5CC[C@@]5(O)N(C(=O)Nc5ccc(C(=O)N6CCC7(CC6)COc6ccc(CN)cc67)cc5)C5CC[C@]54O)cc3)CC1)CO2. The Kier molecular flexibility index (Phi) is 10.2. The molecule has 7 N–H and O–H groups in total. The van der Waals surface area contributed by atoms with Crippen molar-refractivity contribution in [2.75, 3.05) is 44.7 Å². The van der Waals surface area contributed by atoms with Crippen LogP contribution in [0.4, 0.5) is 10.5 Å². The predicted octanol–water partition coefficient (Wildman–Crippen LogP) is 4.36. The first-order valence-corrected chi connectivity index (χ1v) is 23.4. The number of fused-ring (bicyclic) bond motifs is 6. The highest BCUT2D eigenvalue weighted by Gasteiger charge is 2.71. The molecule has 0 radical (unpaired) electrons. The van der Waals surface area contributed by atoms with Gasteiger partial charge in [0.1, 0.15) is 11.5 Å². The van der Waals surface area contributed by atoms with Crippen molar-refractivity contribution in [2.45, 2.75) is 105 Å². The highest BCUT2D eigenvalue weighted by atomic mass is 16.5. The normalized spacial score (nSPS) is 26.2. The lowest BCUT2D eigenvalue weighted by Crippen LogP contribution is -2.88. The minimum absolute atomic E-state index is 0.0416. The Labute approximate surface area is 383 Å². The van der Waals surface area contributed by atoms with Gasteiger partial charge in [0.05, 0.1) is 31.7 Å². The first kappa shape index (κ1) is 42.6. The lowest BCUT2D eigenvalue weighted by atomic mass is 9.66. The van der Waals surface area contributed by atoms with Crippen molar-refractivity contribution in [2.24, 2.45) is 11.5 Å². The molecule has 2 saturated carbocycles. The van der Waals surface area contributed by atoms with Crippen molar-refractivity contribution in [1.29, 1.82) is 0 Å². The lowest BCUT2D eigenvalue weighted by molar-refractivity contribution is -0.338. The molecule has 4 aromatic rings. The van der Waals surface area contributed by atoms with E-state index in [1.165, 1.54) is 20.9 Å². The minimum atomic E-state index is -1.67. The standard InChI is InChI=1S/C51H57N7O8/c52-28-33-3-11-40-38(25-33)48(30-65-40)17-21-55(22-18-48)45(60)35-5-1-32(2-6-35)27-44(59)57-42-13-16-51(42,64)58(43-14-15-50(43,57)63)47(62)54-37-9-7-36(8-10-37)46(61)56-23-19-49(20-24-56)31-66-41-12-4-34(29-53)26-39(41)49/h1-12,25-26,42-43,63-64H,13-24,27-31,52-53H2,(H,54,62)/t42?,43?,50-,51-/m0/s1. The summed E-state index contributed by atoms with van der Waals surface area (Å²) in [6, 6.07) is 23.8. The van der Waals surface area contributed by atoms with E-state index < -0.39 is 29.6 Å². The average molecular weight is 896 g/mol. The Balaban J connectivity index is 0.702. The van der Waals surface area contributed by atoms with Gasteiger partial charge in [-0.2, -0.15) is 0 Å². The fourth-order valence-electron chi connectivity index (χ4n) is 12.0. The zero-order chi connectivity index (χ0) is 45.6. The van der Waals surface area contributed by atoms with Crippen LogP contribution >= 0.6 is 0 Å². The van der Waals surface area contributed by atoms with Gasteiger partial charge in [-0.15, -0.1) is 0 Å². The maximum atomic E-state index is 14.1. The second-order valence-electron chi connectivity index (χ2n) is 19.7. The minimum Gasteiger partial charge on any atom is -0.492 e. The highest BCUT2D eigenvalue weighted by Crippen LogP contribution is 2.55. The molecule has 66 heavy (non-hydrogen) atoms. The number of anilines is 1. The fourth-order valence-corrected chi connectivity index (χ4v) is 12.0. The van der Waals surface area contributed by atoms with Crippen LogP contribution in [0.5, 0.6) is 11.5 Å². The summed E-state index contributed by atoms with van der Waals surface area (Å²) in [5, 5.41) is 27.1. The number of benzene rings is 4. The summed E-state index contributed by atoms with van der Waals surface area (Å²) in [6.45, 7) is 4.49. The Morgan fingerprint density at radius 3 is 1.48 bits per heavy atom. The van der Waals surface area contributed by atoms with E-state index in [9.17, 15) is 29.4 Å². The Morgan fingerprint density at radius 1 is 0.591 bits per heavy atom. The Morgan fingerprint density at radius 2 is 1.03 bits per heavy atom. The molecule has 11 rings (SSSR count). The molecule has 4 aromatic carbocycles. The number of carbonyl (C=O) groups is 4. The summed E-state index contributed by atoms with van der Waals surface area (Å²) in [6.07, 6.45) is 4.44. The summed E-state index contributed by atoms with van der Waals surface area (Å²) in [5.74, 6) is 1.29. The second-order valence-corrected chi connectivity index (χ2v) is 19.7. The molecule has 5 fully saturated rings. The van der Waals surface area contributed by atoms with Crippen LogP contribution in [0.2, 0.25) is 0 Å². The predicted molar refractivity (Wildman–Crippen MR) is 244 cm³/mol. The maximum absolute atomic E-state index is 14.1. The van der Waals surface area contributed by atoms with E-state index in [0.29, 0.717) is 87.7 Å². The molecule has 5 heterocycles. The van der Waals surface area contributed by atoms with Crippen LogP contribution in [0.15, 0.2) is 84.9 Å². The topological polar surface area (TPSA) is 204 Å². The molecule has 5 amide bonds. The molecule has 2 spiro atoms. The number of nitrogens with one attached hydrogen (secondary N) is 1. The van der Waals surface area contributed by atoms with Gasteiger partial charge < -0.3 is 51.2 Å². The van der Waals surface area contributed by atoms with E-state index in [-0.39, 0.29) is 47.8 Å². The number of ether oxygens (including phenoxy) is 2. The monoisotopic (exact) mass is 895 g/mol. The molecule has 15 heteroatoms. The number of piperidine rings is 2. The molecule has 344 valence electrons. The number of hydrogen-bond donors (Lipinski definition) is 5. The molecule has 15 nitrogen and oxygen atoms in total. The van der Waals surface area contributed by atoms with Gasteiger partial charge in [0.15, 0.2) is 11.4 Å². The van der Waals surface area contributed by atoms with Crippen LogP contribution < -0.4 is 26.3 Å². The summed E-state index contributed by atoms with van der Waals surface area (Å²) in [5.41, 5.74) is 14.9. The third-order valence-electron chi connectivity index (χ3n) is 16.2. The summed E-state index contributed by atoms with van der Waals surface area (Å²) < 4.78 is 12.1. The van der Waals surface area contributed by atoms with E-state index in [0.717, 1.165) is 48.3 Å². The number of piperazine rings is 1. The zero-order valence-corrected chi connectivity index (χ0v) is 37.0. The van der Waals surface area contributed by atoms with Gasteiger partial charge in [-0.3, -0.25) is 19.3 Å². The Hall–Kier alpha value is -6.00. The molecule has 4 atom stereocenters. The molecule has 2 aliphatic carbocycles. The van der Waals surface area contributed by atoms with Crippen molar-refractivity contribution in [1.82, 2.24) is 19.6 Å². The number of urea groups is 1. The highest BCUT2D eigenvalue weighted by molar-refractivity contribution is 5.96. The number of nitrogens with two attached hydrogens (primary N) is 2. The van der Waals surface area contributed by atoms with Gasteiger partial charge in [0.25, 0.3) is 11.8 Å². The Bertz CT molecular complexity index is 2430. The molecule has 3 saturated heterocycles. The molecule has 0 bridgehead atoms. The molecular formula is C51H57N7O8. The first-order chi connectivity index (χ1) is 31.9. The van der Waals surface area contributed by atoms with E-state index in [4.69, 9.17) is 20.9 Å². The van der Waals surface area contributed by atoms with Gasteiger partial charge in [0, 0.05) is 78.0 Å². The van der Waals surface area contributed by atoms with E-state index >= 15 is 0 Å². The van der Waals surface area contributed by atoms with Crippen LogP contribution in [0.1, 0.15) is 99.9 Å². The quantitative estimate of drug-likeness (QED) is 0.177. The van der Waals surface area contributed by atoms with Crippen molar-refractivity contribution in [3.8, 4) is 11.5 Å². The van der Waals surface area contributed by atoms with Crippen LogP contribution in [0, 0.1) is 0 Å². The van der Waals surface area contributed by atoms with Gasteiger partial charge in [-0.1, -0.05) is 36.4 Å². The molecule has 5 aliphatic heterocycles. The number of likely N-dealkylation sites (tertiary alicyclic amines) is 2. The summed E-state index contributed by atoms with van der Waals surface area (Å²) >= 11 is 0. The first-order valence-electron chi connectivity index (χ1n) is 23.4. The largest absolute Gasteiger partial charge is 0.492 e.